The Morgan fingerprint density at radius 1 is 1.25 bits per heavy atom. The average Bonchev–Trinajstić information content (AvgIpc) is 2.43. The Hall–Kier alpha value is -1.71. The molecule has 0 unspecified atom stereocenters. The number of nitrogen functional groups attached to an aromatic ring is 1. The lowest BCUT2D eigenvalue weighted by atomic mass is 10.3. The van der Waals surface area contributed by atoms with Crippen LogP contribution in [-0.2, 0) is 10.0 Å². The zero-order chi connectivity index (χ0) is 14.8. The van der Waals surface area contributed by atoms with Crippen LogP contribution in [0.15, 0.2) is 45.9 Å². The Balaban J connectivity index is 2.27. The molecule has 1 aromatic carbocycles. The molecule has 0 amide bonds. The van der Waals surface area contributed by atoms with Crippen LogP contribution >= 0.6 is 15.9 Å². The molecule has 6 nitrogen and oxygen atoms in total. The largest absolute Gasteiger partial charge is 0.308 e. The number of halogens is 2. The van der Waals surface area contributed by atoms with Crippen LogP contribution < -0.4 is 16.0 Å². The number of nitrogens with two attached hydrogens (primary N) is 1. The van der Waals surface area contributed by atoms with E-state index in [2.05, 4.69) is 31.1 Å². The number of anilines is 2. The van der Waals surface area contributed by atoms with Gasteiger partial charge in [0.05, 0.1) is 10.2 Å². The highest BCUT2D eigenvalue weighted by Crippen LogP contribution is 2.22. The van der Waals surface area contributed by atoms with Gasteiger partial charge in [-0.05, 0) is 46.3 Å². The lowest BCUT2D eigenvalue weighted by Crippen LogP contribution is -2.14. The molecular formula is C11H10BrFN4O2S. The van der Waals surface area contributed by atoms with E-state index in [0.29, 0.717) is 5.82 Å². The van der Waals surface area contributed by atoms with Crippen molar-refractivity contribution in [1.29, 1.82) is 0 Å². The van der Waals surface area contributed by atoms with Gasteiger partial charge in [-0.15, -0.1) is 0 Å². The highest BCUT2D eigenvalue weighted by atomic mass is 79.9. The molecule has 2 rings (SSSR count). The molecular weight excluding hydrogens is 351 g/mol. The van der Waals surface area contributed by atoms with Crippen LogP contribution in [0.4, 0.5) is 15.9 Å². The van der Waals surface area contributed by atoms with Gasteiger partial charge in [-0.2, -0.15) is 0 Å². The quantitative estimate of drug-likeness (QED) is 0.572. The fraction of sp³-hybridized carbons (Fsp3) is 0. The molecule has 0 bridgehead atoms. The number of hydrogen-bond donors (Lipinski definition) is 3. The first-order valence-electron chi connectivity index (χ1n) is 5.33. The van der Waals surface area contributed by atoms with Crippen LogP contribution in [0.5, 0.6) is 0 Å². The van der Waals surface area contributed by atoms with Gasteiger partial charge in [-0.3, -0.25) is 4.72 Å². The van der Waals surface area contributed by atoms with Gasteiger partial charge in [-0.1, -0.05) is 0 Å². The molecule has 0 radical (unpaired) electrons. The van der Waals surface area contributed by atoms with Crippen LogP contribution in [-0.4, -0.2) is 13.4 Å². The summed E-state index contributed by atoms with van der Waals surface area (Å²) in [6.07, 6.45) is 1.16. The highest BCUT2D eigenvalue weighted by Gasteiger charge is 2.15. The van der Waals surface area contributed by atoms with E-state index in [9.17, 15) is 12.8 Å². The van der Waals surface area contributed by atoms with Crippen LogP contribution in [0.1, 0.15) is 0 Å². The summed E-state index contributed by atoms with van der Waals surface area (Å²) in [6.45, 7) is 0. The van der Waals surface area contributed by atoms with Gasteiger partial charge < -0.3 is 5.43 Å². The number of pyridine rings is 1. The van der Waals surface area contributed by atoms with Crippen LogP contribution in [0.25, 0.3) is 0 Å². The van der Waals surface area contributed by atoms with Gasteiger partial charge >= 0.3 is 0 Å². The highest BCUT2D eigenvalue weighted by molar-refractivity contribution is 9.10. The number of sulfonamides is 1. The number of aromatic nitrogens is 1. The zero-order valence-electron chi connectivity index (χ0n) is 9.97. The number of benzene rings is 1. The fourth-order valence-corrected chi connectivity index (χ4v) is 2.77. The predicted octanol–water partition coefficient (Wildman–Crippen LogP) is 2.07. The van der Waals surface area contributed by atoms with E-state index < -0.39 is 15.8 Å². The number of hydrogen-bond acceptors (Lipinski definition) is 5. The Bertz CT molecular complexity index is 722. The van der Waals surface area contributed by atoms with Crippen molar-refractivity contribution >= 4 is 37.5 Å². The first kappa shape index (κ1) is 14.7. The molecule has 0 spiro atoms. The molecule has 9 heteroatoms. The fourth-order valence-electron chi connectivity index (χ4n) is 1.40. The van der Waals surface area contributed by atoms with Crippen molar-refractivity contribution in [3.05, 3.63) is 46.8 Å². The van der Waals surface area contributed by atoms with Gasteiger partial charge in [-0.25, -0.2) is 23.6 Å². The first-order valence-corrected chi connectivity index (χ1v) is 7.60. The van der Waals surface area contributed by atoms with E-state index in [1.807, 2.05) is 0 Å². The molecule has 2 aromatic rings. The number of hydrazine groups is 1. The van der Waals surface area contributed by atoms with Crippen LogP contribution in [0.2, 0.25) is 0 Å². The second-order valence-corrected chi connectivity index (χ2v) is 6.29. The van der Waals surface area contributed by atoms with Crippen molar-refractivity contribution < 1.29 is 12.8 Å². The maximum atomic E-state index is 13.1. The number of nitrogens with zero attached hydrogens (tertiary/aromatic N) is 1. The smallest absolute Gasteiger partial charge is 0.263 e. The minimum absolute atomic E-state index is 0.0306. The maximum absolute atomic E-state index is 13.1. The SMILES string of the molecule is NNc1ccc(S(=O)(=O)Nc2ccc(F)c(Br)c2)cn1. The Kier molecular flexibility index (Phi) is 4.21. The first-order chi connectivity index (χ1) is 9.42. The lowest BCUT2D eigenvalue weighted by molar-refractivity contribution is 0.600. The van der Waals surface area contributed by atoms with Crippen molar-refractivity contribution in [1.82, 2.24) is 4.98 Å². The summed E-state index contributed by atoms with van der Waals surface area (Å²) in [5.74, 6) is 5.01. The monoisotopic (exact) mass is 360 g/mol. The molecule has 0 aliphatic heterocycles. The predicted molar refractivity (Wildman–Crippen MR) is 77.0 cm³/mol. The molecule has 1 aromatic heterocycles. The molecule has 1 heterocycles. The summed E-state index contributed by atoms with van der Waals surface area (Å²) < 4.78 is 39.7. The molecule has 0 saturated heterocycles. The van der Waals surface area contributed by atoms with E-state index in [1.165, 1.54) is 24.3 Å². The average molecular weight is 361 g/mol. The molecule has 106 valence electrons. The third-order valence-electron chi connectivity index (χ3n) is 2.37. The van der Waals surface area contributed by atoms with Gasteiger partial charge in [0.25, 0.3) is 10.0 Å². The number of nitrogens with one attached hydrogen (secondary N) is 2. The molecule has 4 N–H and O–H groups in total. The van der Waals surface area contributed by atoms with Gasteiger partial charge in [0, 0.05) is 6.20 Å². The summed E-state index contributed by atoms with van der Waals surface area (Å²) in [4.78, 5) is 3.78. The second kappa shape index (κ2) is 5.73. The van der Waals surface area contributed by atoms with Crippen LogP contribution in [0.3, 0.4) is 0 Å². The summed E-state index contributed by atoms with van der Waals surface area (Å²) in [5.41, 5.74) is 2.53. The van der Waals surface area contributed by atoms with Crippen molar-refractivity contribution in [2.24, 2.45) is 5.84 Å². The normalized spacial score (nSPS) is 11.2. The summed E-state index contributed by atoms with van der Waals surface area (Å²) in [7, 11) is -3.79. The molecule has 0 atom stereocenters. The summed E-state index contributed by atoms with van der Waals surface area (Å²) in [5, 5.41) is 0. The Morgan fingerprint density at radius 3 is 2.55 bits per heavy atom. The second-order valence-electron chi connectivity index (χ2n) is 3.76. The zero-order valence-corrected chi connectivity index (χ0v) is 12.4. The van der Waals surface area contributed by atoms with E-state index >= 15 is 0 Å². The molecule has 0 fully saturated rings. The summed E-state index contributed by atoms with van der Waals surface area (Å²) in [6, 6.07) is 6.58. The van der Waals surface area contributed by atoms with Gasteiger partial charge in [0.2, 0.25) is 0 Å². The third kappa shape index (κ3) is 3.24. The minimum atomic E-state index is -3.79. The van der Waals surface area contributed by atoms with Crippen molar-refractivity contribution in [3.63, 3.8) is 0 Å². The number of rotatable bonds is 4. The standard InChI is InChI=1S/C11H10BrFN4O2S/c12-9-5-7(1-3-10(9)13)17-20(18,19)8-2-4-11(16-14)15-6-8/h1-6,17H,14H2,(H,15,16). The van der Waals surface area contributed by atoms with E-state index in [-0.39, 0.29) is 15.1 Å². The lowest BCUT2D eigenvalue weighted by Gasteiger charge is -2.09. The van der Waals surface area contributed by atoms with Crippen LogP contribution in [0, 0.1) is 5.82 Å². The maximum Gasteiger partial charge on any atom is 0.263 e. The molecule has 20 heavy (non-hydrogen) atoms. The van der Waals surface area contributed by atoms with E-state index in [4.69, 9.17) is 5.84 Å². The minimum Gasteiger partial charge on any atom is -0.308 e. The molecule has 0 aliphatic rings. The van der Waals surface area contributed by atoms with E-state index in [0.717, 1.165) is 12.3 Å². The van der Waals surface area contributed by atoms with E-state index in [1.54, 1.807) is 0 Å². The van der Waals surface area contributed by atoms with Crippen molar-refractivity contribution in [3.8, 4) is 0 Å². The Labute approximate surface area is 123 Å². The van der Waals surface area contributed by atoms with Crippen molar-refractivity contribution in [2.45, 2.75) is 4.90 Å². The molecule has 0 saturated carbocycles. The van der Waals surface area contributed by atoms with Gasteiger partial charge in [0.15, 0.2) is 0 Å². The third-order valence-corrected chi connectivity index (χ3v) is 4.34. The summed E-state index contributed by atoms with van der Waals surface area (Å²) >= 11 is 2.98. The Morgan fingerprint density at radius 2 is 2.00 bits per heavy atom. The van der Waals surface area contributed by atoms with Gasteiger partial charge in [0.1, 0.15) is 16.5 Å². The van der Waals surface area contributed by atoms with Crippen molar-refractivity contribution in [2.75, 3.05) is 10.1 Å². The topological polar surface area (TPSA) is 97.1 Å². The molecule has 0 aliphatic carbocycles.